The Hall–Kier alpha value is -1.71. The number of sulfonamides is 1. The minimum Gasteiger partial charge on any atom is -0.343 e. The van der Waals surface area contributed by atoms with Gasteiger partial charge in [0, 0.05) is 18.1 Å². The summed E-state index contributed by atoms with van der Waals surface area (Å²) in [6.45, 7) is 1.76. The number of nitrogens with two attached hydrogens (primary N) is 1. The van der Waals surface area contributed by atoms with Crippen LogP contribution in [-0.2, 0) is 17.1 Å². The highest BCUT2D eigenvalue weighted by Crippen LogP contribution is 2.25. The minimum absolute atomic E-state index is 0.0754. The van der Waals surface area contributed by atoms with Gasteiger partial charge in [-0.2, -0.15) is 0 Å². The third-order valence-corrected chi connectivity index (χ3v) is 5.30. The number of nitrogens with one attached hydrogen (secondary N) is 1. The van der Waals surface area contributed by atoms with Gasteiger partial charge < -0.3 is 9.88 Å². The Balaban J connectivity index is 2.10. The second-order valence-corrected chi connectivity index (χ2v) is 7.22. The Morgan fingerprint density at radius 2 is 2.20 bits per heavy atom. The van der Waals surface area contributed by atoms with Crippen LogP contribution in [0.25, 0.3) is 0 Å². The van der Waals surface area contributed by atoms with E-state index in [9.17, 15) is 13.2 Å². The number of aryl methyl sites for hydroxylation is 1. The van der Waals surface area contributed by atoms with Gasteiger partial charge in [0.25, 0.3) is 5.91 Å². The molecule has 20 heavy (non-hydrogen) atoms. The van der Waals surface area contributed by atoms with Crippen molar-refractivity contribution in [3.63, 3.8) is 0 Å². The van der Waals surface area contributed by atoms with E-state index in [4.69, 9.17) is 5.14 Å². The number of rotatable bonds is 4. The molecule has 0 aromatic carbocycles. The number of amides is 1. The highest BCUT2D eigenvalue weighted by molar-refractivity contribution is 7.91. The predicted octanol–water partition coefficient (Wildman–Crippen LogP) is 0.620. The summed E-state index contributed by atoms with van der Waals surface area (Å²) in [7, 11) is -1.93. The fourth-order valence-corrected chi connectivity index (χ4v) is 3.34. The number of carbonyl (C=O) groups is 1. The molecule has 0 saturated carbocycles. The Bertz CT molecular complexity index is 732. The van der Waals surface area contributed by atoms with E-state index >= 15 is 0 Å². The number of imidazole rings is 1. The first-order valence-corrected chi connectivity index (χ1v) is 8.05. The number of primary sulfonamides is 1. The van der Waals surface area contributed by atoms with Crippen molar-refractivity contribution >= 4 is 27.3 Å². The van der Waals surface area contributed by atoms with Gasteiger partial charge in [0.1, 0.15) is 9.90 Å². The standard InChI is InChI=1S/C11H14N4O3S2/c1-7(9-3-4-10(19-9)20(12,17)18)14-11(16)8-5-15(2)6-13-8/h3-7H,1-2H3,(H,14,16)(H2,12,17,18). The van der Waals surface area contributed by atoms with Gasteiger partial charge in [-0.3, -0.25) is 4.79 Å². The maximum Gasteiger partial charge on any atom is 0.271 e. The molecular formula is C11H14N4O3S2. The molecule has 0 aliphatic carbocycles. The lowest BCUT2D eigenvalue weighted by atomic mass is 10.2. The Kier molecular flexibility index (Phi) is 3.93. The van der Waals surface area contributed by atoms with Crippen LogP contribution in [-0.4, -0.2) is 23.9 Å². The van der Waals surface area contributed by atoms with Gasteiger partial charge in [-0.15, -0.1) is 11.3 Å². The van der Waals surface area contributed by atoms with E-state index in [2.05, 4.69) is 10.3 Å². The van der Waals surface area contributed by atoms with E-state index in [1.165, 1.54) is 12.4 Å². The molecule has 0 radical (unpaired) electrons. The van der Waals surface area contributed by atoms with Crippen LogP contribution in [0.4, 0.5) is 0 Å². The van der Waals surface area contributed by atoms with Gasteiger partial charge in [0.15, 0.2) is 0 Å². The fourth-order valence-electron chi connectivity index (χ4n) is 1.59. The average Bonchev–Trinajstić information content (AvgIpc) is 2.95. The topological polar surface area (TPSA) is 107 Å². The largest absolute Gasteiger partial charge is 0.343 e. The van der Waals surface area contributed by atoms with Crippen LogP contribution in [0.1, 0.15) is 28.3 Å². The summed E-state index contributed by atoms with van der Waals surface area (Å²) in [6.07, 6.45) is 3.13. The highest BCUT2D eigenvalue weighted by Gasteiger charge is 2.17. The number of hydrogen-bond donors (Lipinski definition) is 2. The maximum absolute atomic E-state index is 11.9. The molecule has 2 heterocycles. The molecule has 1 amide bonds. The van der Waals surface area contributed by atoms with Gasteiger partial charge >= 0.3 is 0 Å². The zero-order valence-corrected chi connectivity index (χ0v) is 12.5. The average molecular weight is 314 g/mol. The second-order valence-electron chi connectivity index (χ2n) is 4.32. The van der Waals surface area contributed by atoms with Crippen molar-refractivity contribution in [1.29, 1.82) is 0 Å². The lowest BCUT2D eigenvalue weighted by molar-refractivity contribution is 0.0936. The molecule has 0 aliphatic heterocycles. The van der Waals surface area contributed by atoms with Crippen molar-refractivity contribution < 1.29 is 13.2 Å². The summed E-state index contributed by atoms with van der Waals surface area (Å²) in [5.41, 5.74) is 0.308. The fraction of sp³-hybridized carbons (Fsp3) is 0.273. The third kappa shape index (κ3) is 3.24. The first kappa shape index (κ1) is 14.7. The molecule has 2 aromatic heterocycles. The van der Waals surface area contributed by atoms with E-state index < -0.39 is 10.0 Å². The summed E-state index contributed by atoms with van der Waals surface area (Å²) >= 11 is 1.04. The molecule has 3 N–H and O–H groups in total. The van der Waals surface area contributed by atoms with E-state index in [-0.39, 0.29) is 16.2 Å². The van der Waals surface area contributed by atoms with E-state index in [0.29, 0.717) is 10.6 Å². The first-order chi connectivity index (χ1) is 9.27. The van der Waals surface area contributed by atoms with E-state index in [0.717, 1.165) is 11.3 Å². The van der Waals surface area contributed by atoms with Crippen molar-refractivity contribution in [1.82, 2.24) is 14.9 Å². The molecule has 0 fully saturated rings. The van der Waals surface area contributed by atoms with Crippen LogP contribution in [0, 0.1) is 0 Å². The summed E-state index contributed by atoms with van der Waals surface area (Å²) in [5.74, 6) is -0.316. The van der Waals surface area contributed by atoms with Gasteiger partial charge in [-0.25, -0.2) is 18.5 Å². The molecule has 2 aromatic rings. The molecule has 0 aliphatic rings. The minimum atomic E-state index is -3.70. The smallest absolute Gasteiger partial charge is 0.271 e. The van der Waals surface area contributed by atoms with Gasteiger partial charge in [-0.05, 0) is 19.1 Å². The molecule has 7 nitrogen and oxygen atoms in total. The summed E-state index contributed by atoms with van der Waals surface area (Å²) < 4.78 is 24.2. The molecule has 0 spiro atoms. The van der Waals surface area contributed by atoms with Crippen molar-refractivity contribution in [2.24, 2.45) is 12.2 Å². The molecule has 2 rings (SSSR count). The zero-order valence-electron chi connectivity index (χ0n) is 10.9. The molecular weight excluding hydrogens is 300 g/mol. The normalized spacial score (nSPS) is 13.2. The number of aromatic nitrogens is 2. The monoisotopic (exact) mass is 314 g/mol. The van der Waals surface area contributed by atoms with Crippen LogP contribution in [0.3, 0.4) is 0 Å². The molecule has 1 atom stereocenters. The molecule has 1 unspecified atom stereocenters. The van der Waals surface area contributed by atoms with Crippen molar-refractivity contribution in [2.75, 3.05) is 0 Å². The van der Waals surface area contributed by atoms with Crippen molar-refractivity contribution in [2.45, 2.75) is 17.2 Å². The van der Waals surface area contributed by atoms with Crippen LogP contribution in [0.2, 0.25) is 0 Å². The molecule has 0 bridgehead atoms. The molecule has 108 valence electrons. The first-order valence-electron chi connectivity index (χ1n) is 5.69. The van der Waals surface area contributed by atoms with Crippen molar-refractivity contribution in [3.05, 3.63) is 35.2 Å². The van der Waals surface area contributed by atoms with E-state index in [1.54, 1.807) is 30.8 Å². The highest BCUT2D eigenvalue weighted by atomic mass is 32.2. The lowest BCUT2D eigenvalue weighted by Gasteiger charge is -2.10. The maximum atomic E-state index is 11.9. The Morgan fingerprint density at radius 1 is 1.50 bits per heavy atom. The van der Waals surface area contributed by atoms with Gasteiger partial charge in [0.2, 0.25) is 10.0 Å². The summed E-state index contributed by atoms with van der Waals surface area (Å²) in [6, 6.07) is 2.73. The number of hydrogen-bond acceptors (Lipinski definition) is 5. The second kappa shape index (κ2) is 5.35. The Labute approximate surface area is 120 Å². The predicted molar refractivity (Wildman–Crippen MR) is 74.8 cm³/mol. The van der Waals surface area contributed by atoms with Gasteiger partial charge in [-0.1, -0.05) is 0 Å². The van der Waals surface area contributed by atoms with Crippen molar-refractivity contribution in [3.8, 4) is 0 Å². The van der Waals surface area contributed by atoms with Gasteiger partial charge in [0.05, 0.1) is 12.4 Å². The van der Waals surface area contributed by atoms with E-state index in [1.807, 2.05) is 0 Å². The molecule has 0 saturated heterocycles. The quantitative estimate of drug-likeness (QED) is 0.862. The summed E-state index contributed by atoms with van der Waals surface area (Å²) in [4.78, 5) is 16.6. The number of nitrogens with zero attached hydrogens (tertiary/aromatic N) is 2. The zero-order chi connectivity index (χ0) is 14.9. The van der Waals surface area contributed by atoms with Crippen LogP contribution in [0.5, 0.6) is 0 Å². The third-order valence-electron chi connectivity index (χ3n) is 2.59. The van der Waals surface area contributed by atoms with Crippen LogP contribution < -0.4 is 10.5 Å². The number of carbonyl (C=O) groups excluding carboxylic acids is 1. The number of thiophene rings is 1. The SMILES string of the molecule is CC(NC(=O)c1cn(C)cn1)c1ccc(S(N)(=O)=O)s1. The molecule has 9 heteroatoms. The Morgan fingerprint density at radius 3 is 2.70 bits per heavy atom. The van der Waals surface area contributed by atoms with Crippen LogP contribution in [0.15, 0.2) is 28.9 Å². The van der Waals surface area contributed by atoms with Crippen LogP contribution >= 0.6 is 11.3 Å². The summed E-state index contributed by atoms with van der Waals surface area (Å²) in [5, 5.41) is 7.80. The lowest BCUT2D eigenvalue weighted by Crippen LogP contribution is -2.26.